The van der Waals surface area contributed by atoms with Crippen molar-refractivity contribution in [1.29, 1.82) is 0 Å². The molecule has 0 bridgehead atoms. The van der Waals surface area contributed by atoms with Gasteiger partial charge in [-0.1, -0.05) is 36.3 Å². The number of urea groups is 1. The Labute approximate surface area is 194 Å². The lowest BCUT2D eigenvalue weighted by atomic mass is 9.91. The fourth-order valence-corrected chi connectivity index (χ4v) is 4.84. The first kappa shape index (κ1) is 21.2. The normalized spacial score (nSPS) is 20.3. The number of hydrogen-bond donors (Lipinski definition) is 1. The van der Waals surface area contributed by atoms with E-state index in [0.29, 0.717) is 17.7 Å². The van der Waals surface area contributed by atoms with Crippen molar-refractivity contribution < 1.29 is 4.79 Å². The number of benzene rings is 2. The van der Waals surface area contributed by atoms with E-state index in [0.717, 1.165) is 50.3 Å². The molecule has 0 radical (unpaired) electrons. The summed E-state index contributed by atoms with van der Waals surface area (Å²) in [6.07, 6.45) is 3.76. The van der Waals surface area contributed by atoms with Crippen molar-refractivity contribution >= 4 is 11.7 Å². The van der Waals surface area contributed by atoms with Gasteiger partial charge in [-0.3, -0.25) is 4.90 Å². The van der Waals surface area contributed by atoms with Crippen LogP contribution >= 0.6 is 0 Å². The van der Waals surface area contributed by atoms with Crippen LogP contribution in [-0.2, 0) is 0 Å². The van der Waals surface area contributed by atoms with Gasteiger partial charge in [0.05, 0.1) is 0 Å². The van der Waals surface area contributed by atoms with E-state index in [2.05, 4.69) is 56.5 Å². The van der Waals surface area contributed by atoms with Gasteiger partial charge in [0.15, 0.2) is 0 Å². The third-order valence-corrected chi connectivity index (χ3v) is 6.50. The number of nitrogens with zero attached hydrogens (tertiary/aromatic N) is 4. The highest BCUT2D eigenvalue weighted by molar-refractivity contribution is 5.89. The fraction of sp³-hybridized carbons (Fsp3) is 0.296. The largest absolute Gasteiger partial charge is 0.323 e. The van der Waals surface area contributed by atoms with Crippen LogP contribution in [0.4, 0.5) is 10.5 Å². The number of anilines is 1. The number of carbonyl (C=O) groups excluding carboxylic acids is 1. The van der Waals surface area contributed by atoms with Crippen LogP contribution in [0.3, 0.4) is 0 Å². The minimum absolute atomic E-state index is 0.0108. The van der Waals surface area contributed by atoms with Gasteiger partial charge in [0.2, 0.25) is 0 Å². The first-order valence-corrected chi connectivity index (χ1v) is 11.5. The summed E-state index contributed by atoms with van der Waals surface area (Å²) in [6.45, 7) is 3.66. The minimum Gasteiger partial charge on any atom is -0.323 e. The maximum absolute atomic E-state index is 13.0. The molecule has 2 fully saturated rings. The predicted molar refractivity (Wildman–Crippen MR) is 129 cm³/mol. The lowest BCUT2D eigenvalue weighted by Gasteiger charge is -2.30. The van der Waals surface area contributed by atoms with Gasteiger partial charge in [-0.05, 0) is 67.3 Å². The molecule has 3 aromatic rings. The highest BCUT2D eigenvalue weighted by atomic mass is 16.2. The third kappa shape index (κ3) is 5.05. The number of aromatic nitrogens is 2. The van der Waals surface area contributed by atoms with Crippen molar-refractivity contribution in [3.05, 3.63) is 89.7 Å². The zero-order chi connectivity index (χ0) is 22.5. The first-order chi connectivity index (χ1) is 16.3. The molecule has 166 valence electrons. The Morgan fingerprint density at radius 1 is 0.939 bits per heavy atom. The van der Waals surface area contributed by atoms with Crippen LogP contribution < -0.4 is 5.32 Å². The van der Waals surface area contributed by atoms with Crippen LogP contribution in [0.2, 0.25) is 0 Å². The second-order valence-electron chi connectivity index (χ2n) is 8.58. The number of amides is 2. The molecule has 0 unspecified atom stereocenters. The van der Waals surface area contributed by atoms with Crippen LogP contribution in [0.15, 0.2) is 72.9 Å². The van der Waals surface area contributed by atoms with E-state index in [1.165, 1.54) is 5.56 Å². The van der Waals surface area contributed by atoms with Crippen molar-refractivity contribution in [3.63, 3.8) is 0 Å². The summed E-state index contributed by atoms with van der Waals surface area (Å²) in [5.74, 6) is 6.64. The van der Waals surface area contributed by atoms with Crippen LogP contribution in [0.25, 0.3) is 0 Å². The number of hydrogen-bond acceptors (Lipinski definition) is 4. The average molecular weight is 438 g/mol. The standard InChI is InChI=1S/C27H27N5O/c33-27(29-23-6-2-1-3-7-23)32-18-5-17-31-19-15-25(26(31)20-32)22-12-9-21(10-13-22)11-14-24-8-4-16-28-30-24/h1-4,6-10,12-13,16,25-26H,5,15,17-20H2,(H,29,33)/t25-,26+/m1/s1. The van der Waals surface area contributed by atoms with Crippen molar-refractivity contribution in [2.45, 2.75) is 24.8 Å². The lowest BCUT2D eigenvalue weighted by molar-refractivity contribution is 0.197. The van der Waals surface area contributed by atoms with Crippen LogP contribution in [0.1, 0.15) is 35.6 Å². The summed E-state index contributed by atoms with van der Waals surface area (Å²) in [7, 11) is 0. The molecule has 0 aliphatic carbocycles. The molecule has 0 saturated carbocycles. The monoisotopic (exact) mass is 437 g/mol. The number of carbonyl (C=O) groups is 1. The Morgan fingerprint density at radius 3 is 2.58 bits per heavy atom. The number of fused-ring (bicyclic) bond motifs is 1. The van der Waals surface area contributed by atoms with E-state index in [-0.39, 0.29) is 6.03 Å². The zero-order valence-corrected chi connectivity index (χ0v) is 18.5. The fourth-order valence-electron chi connectivity index (χ4n) is 4.84. The van der Waals surface area contributed by atoms with Crippen molar-refractivity contribution in [2.75, 3.05) is 31.5 Å². The molecule has 1 aromatic heterocycles. The highest BCUT2D eigenvalue weighted by Gasteiger charge is 2.38. The van der Waals surface area contributed by atoms with Gasteiger partial charge in [-0.15, -0.1) is 5.10 Å². The van der Waals surface area contributed by atoms with Crippen LogP contribution in [0.5, 0.6) is 0 Å². The second-order valence-corrected chi connectivity index (χ2v) is 8.58. The van der Waals surface area contributed by atoms with E-state index in [1.807, 2.05) is 47.4 Å². The summed E-state index contributed by atoms with van der Waals surface area (Å²) in [6, 6.07) is 22.2. The highest BCUT2D eigenvalue weighted by Crippen LogP contribution is 2.35. The van der Waals surface area contributed by atoms with E-state index >= 15 is 0 Å². The summed E-state index contributed by atoms with van der Waals surface area (Å²) in [5, 5.41) is 10.9. The van der Waals surface area contributed by atoms with Crippen molar-refractivity contribution in [1.82, 2.24) is 20.0 Å². The molecular weight excluding hydrogens is 410 g/mol. The Balaban J connectivity index is 1.28. The van der Waals surface area contributed by atoms with Crippen LogP contribution in [-0.4, -0.2) is 58.2 Å². The zero-order valence-electron chi connectivity index (χ0n) is 18.5. The molecule has 2 atom stereocenters. The molecule has 3 heterocycles. The maximum atomic E-state index is 13.0. The average Bonchev–Trinajstić information content (AvgIpc) is 3.13. The Morgan fingerprint density at radius 2 is 1.79 bits per heavy atom. The van der Waals surface area contributed by atoms with Gasteiger partial charge in [0.1, 0.15) is 5.69 Å². The molecule has 1 N–H and O–H groups in total. The maximum Gasteiger partial charge on any atom is 0.321 e. The van der Waals surface area contributed by atoms with E-state index < -0.39 is 0 Å². The third-order valence-electron chi connectivity index (χ3n) is 6.50. The van der Waals surface area contributed by atoms with Gasteiger partial charge in [0, 0.05) is 49.0 Å². The summed E-state index contributed by atoms with van der Waals surface area (Å²) >= 11 is 0. The number of para-hydroxylation sites is 1. The number of rotatable bonds is 2. The van der Waals surface area contributed by atoms with E-state index in [1.54, 1.807) is 6.20 Å². The molecular formula is C27H27N5O. The van der Waals surface area contributed by atoms with Crippen LogP contribution in [0, 0.1) is 11.8 Å². The van der Waals surface area contributed by atoms with Gasteiger partial charge < -0.3 is 10.2 Å². The quantitative estimate of drug-likeness (QED) is 0.617. The van der Waals surface area contributed by atoms with Crippen molar-refractivity contribution in [2.24, 2.45) is 0 Å². The molecule has 6 nitrogen and oxygen atoms in total. The summed E-state index contributed by atoms with van der Waals surface area (Å²) < 4.78 is 0. The number of nitrogens with one attached hydrogen (secondary N) is 1. The summed E-state index contributed by atoms with van der Waals surface area (Å²) in [4.78, 5) is 17.5. The summed E-state index contributed by atoms with van der Waals surface area (Å²) in [5.41, 5.74) is 3.78. The molecule has 2 aliphatic heterocycles. The molecule has 2 aliphatic rings. The van der Waals surface area contributed by atoms with E-state index in [9.17, 15) is 4.79 Å². The molecule has 0 spiro atoms. The topological polar surface area (TPSA) is 61.4 Å². The Bertz CT molecular complexity index is 1140. The van der Waals surface area contributed by atoms with E-state index in [4.69, 9.17) is 0 Å². The minimum atomic E-state index is -0.0108. The smallest absolute Gasteiger partial charge is 0.321 e. The molecule has 6 heteroatoms. The predicted octanol–water partition coefficient (Wildman–Crippen LogP) is 3.97. The van der Waals surface area contributed by atoms with Gasteiger partial charge in [-0.25, -0.2) is 4.79 Å². The lowest BCUT2D eigenvalue weighted by Crippen LogP contribution is -2.43. The Kier molecular flexibility index (Phi) is 6.32. The first-order valence-electron chi connectivity index (χ1n) is 11.5. The molecule has 2 saturated heterocycles. The SMILES string of the molecule is O=C(Nc1ccccc1)N1CCCN2CC[C@H](c3ccc(C#Cc4cccnn4)cc3)[C@@H]2C1. The van der Waals surface area contributed by atoms with Gasteiger partial charge in [-0.2, -0.15) is 5.10 Å². The van der Waals surface area contributed by atoms with Gasteiger partial charge >= 0.3 is 6.03 Å². The molecule has 2 aromatic carbocycles. The molecule has 33 heavy (non-hydrogen) atoms. The van der Waals surface area contributed by atoms with Crippen molar-refractivity contribution in [3.8, 4) is 11.8 Å². The van der Waals surface area contributed by atoms with Gasteiger partial charge in [0.25, 0.3) is 0 Å². The molecule has 5 rings (SSSR count). The Hall–Kier alpha value is -3.69. The molecule has 2 amide bonds. The second kappa shape index (κ2) is 9.85.